The van der Waals surface area contributed by atoms with E-state index in [0.29, 0.717) is 31.7 Å². The van der Waals surface area contributed by atoms with Crippen LogP contribution in [0.2, 0.25) is 0 Å². The summed E-state index contributed by atoms with van der Waals surface area (Å²) in [5.41, 5.74) is -0.382. The molecule has 0 spiro atoms. The Morgan fingerprint density at radius 1 is 1.05 bits per heavy atom. The molecule has 1 aromatic rings. The molecule has 2 heterocycles. The number of piperidine rings is 2. The Morgan fingerprint density at radius 3 is 2.15 bits per heavy atom. The van der Waals surface area contributed by atoms with Crippen molar-refractivity contribution >= 4 is 17.8 Å². The molecule has 1 atom stereocenters. The molecule has 3 rings (SSSR count). The van der Waals surface area contributed by atoms with E-state index in [2.05, 4.69) is 5.32 Å². The number of ether oxygens (including phenoxy) is 4. The third kappa shape index (κ3) is 7.93. The predicted octanol–water partition coefficient (Wildman–Crippen LogP) is 2.88. The van der Waals surface area contributed by atoms with E-state index in [1.165, 1.54) is 14.2 Å². The smallest absolute Gasteiger partial charge is 0.345 e. The van der Waals surface area contributed by atoms with Crippen LogP contribution in [-0.4, -0.2) is 87.3 Å². The highest BCUT2D eigenvalue weighted by Gasteiger charge is 2.49. The summed E-state index contributed by atoms with van der Waals surface area (Å²) in [4.78, 5) is 40.0. The summed E-state index contributed by atoms with van der Waals surface area (Å²) in [6, 6.07) is 6.98. The third-order valence-corrected chi connectivity index (χ3v) is 7.96. The normalized spacial score (nSPS) is 19.0. The van der Waals surface area contributed by atoms with Gasteiger partial charge in [-0.05, 0) is 62.4 Å². The average molecular weight is 549 g/mol. The van der Waals surface area contributed by atoms with Gasteiger partial charge < -0.3 is 34.3 Å². The Kier molecular flexibility index (Phi) is 10.7. The summed E-state index contributed by atoms with van der Waals surface area (Å²) < 4.78 is 21.7. The van der Waals surface area contributed by atoms with Crippen LogP contribution < -0.4 is 10.1 Å². The topological polar surface area (TPSA) is 124 Å². The van der Waals surface area contributed by atoms with E-state index < -0.39 is 29.2 Å². The van der Waals surface area contributed by atoms with Gasteiger partial charge in [-0.2, -0.15) is 0 Å². The van der Waals surface area contributed by atoms with E-state index in [9.17, 15) is 19.5 Å². The number of benzene rings is 1. The highest BCUT2D eigenvalue weighted by molar-refractivity contribution is 5.81. The van der Waals surface area contributed by atoms with Crippen molar-refractivity contribution in [3.63, 3.8) is 0 Å². The van der Waals surface area contributed by atoms with Crippen LogP contribution in [0.15, 0.2) is 24.3 Å². The van der Waals surface area contributed by atoms with Crippen molar-refractivity contribution in [1.29, 1.82) is 0 Å². The second-order valence-electron chi connectivity index (χ2n) is 11.6. The lowest BCUT2D eigenvalue weighted by molar-refractivity contribution is -0.183. The number of esters is 1. The molecule has 2 aliphatic rings. The Hall–Kier alpha value is -2.69. The number of nitrogens with one attached hydrogen (secondary N) is 1. The molecule has 0 aliphatic carbocycles. The molecule has 2 N–H and O–H groups in total. The number of nitrogens with zero attached hydrogens (tertiary/aromatic N) is 1. The molecule has 2 aliphatic heterocycles. The molecule has 0 bridgehead atoms. The van der Waals surface area contributed by atoms with Gasteiger partial charge in [-0.25, -0.2) is 4.79 Å². The molecular weight excluding hydrogens is 504 g/mol. The molecule has 1 aromatic carbocycles. The van der Waals surface area contributed by atoms with E-state index >= 15 is 0 Å². The Balaban J connectivity index is 1.61. The van der Waals surface area contributed by atoms with Gasteiger partial charge in [0.05, 0.1) is 11.8 Å². The fraction of sp³-hybridized carbons (Fsp3) is 0.690. The van der Waals surface area contributed by atoms with Gasteiger partial charge in [0.15, 0.2) is 12.4 Å². The fourth-order valence-corrected chi connectivity index (χ4v) is 5.53. The largest absolute Gasteiger partial charge is 0.478 e. The van der Waals surface area contributed by atoms with Crippen LogP contribution in [0.1, 0.15) is 52.0 Å². The lowest BCUT2D eigenvalue weighted by Gasteiger charge is -2.46. The quantitative estimate of drug-likeness (QED) is 0.317. The monoisotopic (exact) mass is 548 g/mol. The van der Waals surface area contributed by atoms with Crippen molar-refractivity contribution in [2.75, 3.05) is 47.0 Å². The van der Waals surface area contributed by atoms with Gasteiger partial charge >= 0.3 is 11.9 Å². The fourth-order valence-electron chi connectivity index (χ4n) is 5.53. The number of aliphatic carboxylic acids is 1. The van der Waals surface area contributed by atoms with Crippen LogP contribution in [0, 0.1) is 16.7 Å². The third-order valence-electron chi connectivity index (χ3n) is 7.96. The van der Waals surface area contributed by atoms with Crippen LogP contribution >= 0.6 is 0 Å². The first-order valence-electron chi connectivity index (χ1n) is 13.7. The van der Waals surface area contributed by atoms with Gasteiger partial charge in [0, 0.05) is 32.7 Å². The number of carboxylic acid groups (broad SMARTS) is 1. The van der Waals surface area contributed by atoms with E-state index in [-0.39, 0.29) is 30.8 Å². The maximum atomic E-state index is 13.4. The van der Waals surface area contributed by atoms with Gasteiger partial charge in [0.1, 0.15) is 12.4 Å². The first-order chi connectivity index (χ1) is 18.5. The number of likely N-dealkylation sites (tertiary alicyclic amines) is 1. The minimum Gasteiger partial charge on any atom is -0.478 e. The van der Waals surface area contributed by atoms with Crippen LogP contribution in [0.5, 0.6) is 5.75 Å². The molecule has 39 heavy (non-hydrogen) atoms. The molecule has 10 heteroatoms. The molecule has 2 fully saturated rings. The Morgan fingerprint density at radius 2 is 1.64 bits per heavy atom. The number of methoxy groups -OCH3 is 2. The number of rotatable bonds is 11. The molecule has 218 valence electrons. The summed E-state index contributed by atoms with van der Waals surface area (Å²) in [5, 5.41) is 12.9. The molecule has 0 saturated carbocycles. The summed E-state index contributed by atoms with van der Waals surface area (Å²) in [7, 11) is 3.02. The summed E-state index contributed by atoms with van der Waals surface area (Å²) in [6.45, 7) is 8.18. The van der Waals surface area contributed by atoms with E-state index in [1.807, 2.05) is 25.7 Å². The molecule has 2 saturated heterocycles. The Labute approximate surface area is 231 Å². The number of carbonyl (C=O) groups is 3. The van der Waals surface area contributed by atoms with Crippen molar-refractivity contribution in [3.05, 3.63) is 29.8 Å². The van der Waals surface area contributed by atoms with Crippen molar-refractivity contribution in [2.45, 2.75) is 65.3 Å². The van der Waals surface area contributed by atoms with Crippen molar-refractivity contribution in [3.8, 4) is 5.75 Å². The maximum Gasteiger partial charge on any atom is 0.345 e. The molecule has 1 unspecified atom stereocenters. The molecular formula is C29H44N2O8. The van der Waals surface area contributed by atoms with Gasteiger partial charge in [-0.15, -0.1) is 0 Å². The zero-order chi connectivity index (χ0) is 28.6. The summed E-state index contributed by atoms with van der Waals surface area (Å²) in [5.74, 6) is -0.615. The first kappa shape index (κ1) is 30.8. The minimum absolute atomic E-state index is 0.00659. The van der Waals surface area contributed by atoms with Gasteiger partial charge in [0.25, 0.3) is 0 Å². The number of amides is 1. The minimum atomic E-state index is -1.02. The number of carboxylic acids is 1. The van der Waals surface area contributed by atoms with Crippen LogP contribution in [0.4, 0.5) is 0 Å². The Bertz CT molecular complexity index is 956. The number of hydrogen-bond donors (Lipinski definition) is 2. The highest BCUT2D eigenvalue weighted by Crippen LogP contribution is 2.44. The van der Waals surface area contributed by atoms with Crippen LogP contribution in [-0.2, 0) is 35.0 Å². The highest BCUT2D eigenvalue weighted by atomic mass is 16.7. The second-order valence-corrected chi connectivity index (χ2v) is 11.6. The van der Waals surface area contributed by atoms with Crippen LogP contribution in [0.3, 0.4) is 0 Å². The summed E-state index contributed by atoms with van der Waals surface area (Å²) in [6.07, 6.45) is 1.53. The molecule has 0 aromatic heterocycles. The lowest BCUT2D eigenvalue weighted by atomic mass is 9.65. The lowest BCUT2D eigenvalue weighted by Crippen LogP contribution is -2.53. The SMILES string of the molecule is COC(COC(=O)C1(C2CCNCC2)CCN(C(=O)Cc2ccc(OC(C(=O)O)C(C)(C)C)cc2)CC1)OC. The molecule has 10 nitrogen and oxygen atoms in total. The maximum absolute atomic E-state index is 13.4. The van der Waals surface area contributed by atoms with Crippen molar-refractivity contribution < 1.29 is 38.4 Å². The van der Waals surface area contributed by atoms with Gasteiger partial charge in [-0.3, -0.25) is 9.59 Å². The van der Waals surface area contributed by atoms with E-state index in [1.54, 1.807) is 24.3 Å². The summed E-state index contributed by atoms with van der Waals surface area (Å²) >= 11 is 0. The van der Waals surface area contributed by atoms with Gasteiger partial charge in [-0.1, -0.05) is 32.9 Å². The zero-order valence-electron chi connectivity index (χ0n) is 23.9. The van der Waals surface area contributed by atoms with E-state index in [0.717, 1.165) is 31.5 Å². The molecule has 1 amide bonds. The number of carbonyl (C=O) groups excluding carboxylic acids is 2. The second kappa shape index (κ2) is 13.6. The van der Waals surface area contributed by atoms with Crippen molar-refractivity contribution in [2.24, 2.45) is 16.7 Å². The number of hydrogen-bond acceptors (Lipinski definition) is 8. The predicted molar refractivity (Wildman–Crippen MR) is 144 cm³/mol. The van der Waals surface area contributed by atoms with Crippen molar-refractivity contribution in [1.82, 2.24) is 10.2 Å². The standard InChI is InChI=1S/C29H44N2O8/c1-28(2,3)25(26(33)34)39-22-8-6-20(7-9-22)18-23(32)31-16-12-29(13-17-31,21-10-14-30-15-11-21)27(35)38-19-24(36-4)37-5/h6-9,21,24-25,30H,10-19H2,1-5H3,(H,33,34). The van der Waals surface area contributed by atoms with Gasteiger partial charge in [0.2, 0.25) is 5.91 Å². The molecule has 0 radical (unpaired) electrons. The van der Waals surface area contributed by atoms with Crippen LogP contribution in [0.25, 0.3) is 0 Å². The zero-order valence-corrected chi connectivity index (χ0v) is 23.9. The first-order valence-corrected chi connectivity index (χ1v) is 13.7. The average Bonchev–Trinajstić information content (AvgIpc) is 2.92. The van der Waals surface area contributed by atoms with E-state index in [4.69, 9.17) is 18.9 Å².